The third kappa shape index (κ3) is 3.95. The molecule has 0 spiro atoms. The van der Waals surface area contributed by atoms with Crippen LogP contribution in [-0.4, -0.2) is 17.5 Å². The summed E-state index contributed by atoms with van der Waals surface area (Å²) in [6.45, 7) is 6.41. The number of pyridine rings is 1. The molecule has 0 radical (unpaired) electrons. The number of rotatable bonds is 6. The maximum Gasteiger partial charge on any atom is 0.222 e. The summed E-state index contributed by atoms with van der Waals surface area (Å²) in [4.78, 5) is 15.4. The highest BCUT2D eigenvalue weighted by molar-refractivity contribution is 5.89. The maximum atomic E-state index is 14.8. The fraction of sp³-hybridized carbons (Fsp3) is 0.400. The van der Waals surface area contributed by atoms with Gasteiger partial charge in [0.25, 0.3) is 0 Å². The van der Waals surface area contributed by atoms with E-state index in [1.807, 2.05) is 0 Å². The van der Waals surface area contributed by atoms with Gasteiger partial charge in [0.2, 0.25) is 11.7 Å². The van der Waals surface area contributed by atoms with E-state index in [0.717, 1.165) is 24.0 Å². The Bertz CT molecular complexity index is 821. The molecule has 138 valence electrons. The van der Waals surface area contributed by atoms with E-state index >= 15 is 0 Å². The molecule has 1 N–H and O–H groups in total. The standard InChI is InChI=1S/C20H23FN2O3/c1-12(2)5-4-8-25-17-7-6-15-16-9-18(23-13(3)24)22-10-14(16)11-26-20(15)19(17)21/h6-7,9-10,12H,4-5,8,11H2,1-3H3,(H,22,23,24). The number of carbonyl (C=O) groups excluding carboxylic acids is 1. The fourth-order valence-corrected chi connectivity index (χ4v) is 2.92. The number of hydrogen-bond donors (Lipinski definition) is 1. The average molecular weight is 358 g/mol. The average Bonchev–Trinajstić information content (AvgIpc) is 2.59. The Balaban J connectivity index is 1.84. The molecule has 1 amide bonds. The Morgan fingerprint density at radius 2 is 2.19 bits per heavy atom. The predicted molar refractivity (Wildman–Crippen MR) is 97.8 cm³/mol. The molecule has 2 heterocycles. The molecule has 2 aromatic rings. The molecule has 26 heavy (non-hydrogen) atoms. The van der Waals surface area contributed by atoms with Crippen LogP contribution in [0, 0.1) is 11.7 Å². The SMILES string of the molecule is CC(=O)Nc1cc2c(cn1)COc1c-2ccc(OCCCC(C)C)c1F. The zero-order valence-electron chi connectivity index (χ0n) is 15.3. The zero-order valence-corrected chi connectivity index (χ0v) is 15.3. The Morgan fingerprint density at radius 1 is 1.38 bits per heavy atom. The third-order valence-electron chi connectivity index (χ3n) is 4.20. The lowest BCUT2D eigenvalue weighted by Crippen LogP contribution is -2.12. The van der Waals surface area contributed by atoms with Gasteiger partial charge in [-0.15, -0.1) is 0 Å². The number of anilines is 1. The number of halogens is 1. The monoisotopic (exact) mass is 358 g/mol. The van der Waals surface area contributed by atoms with Crippen molar-refractivity contribution >= 4 is 11.7 Å². The quantitative estimate of drug-likeness (QED) is 0.770. The van der Waals surface area contributed by atoms with Gasteiger partial charge in [0.05, 0.1) is 6.61 Å². The molecular weight excluding hydrogens is 335 g/mol. The second-order valence-corrected chi connectivity index (χ2v) is 6.84. The zero-order chi connectivity index (χ0) is 18.7. The smallest absolute Gasteiger partial charge is 0.222 e. The van der Waals surface area contributed by atoms with Crippen LogP contribution in [0.1, 0.15) is 39.2 Å². The topological polar surface area (TPSA) is 60.5 Å². The summed E-state index contributed by atoms with van der Waals surface area (Å²) in [7, 11) is 0. The van der Waals surface area contributed by atoms with Crippen molar-refractivity contribution < 1.29 is 18.7 Å². The molecule has 6 heteroatoms. The van der Waals surface area contributed by atoms with Crippen molar-refractivity contribution in [2.45, 2.75) is 40.2 Å². The van der Waals surface area contributed by atoms with E-state index in [4.69, 9.17) is 9.47 Å². The number of nitrogens with zero attached hydrogens (tertiary/aromatic N) is 1. The maximum absolute atomic E-state index is 14.8. The van der Waals surface area contributed by atoms with Crippen molar-refractivity contribution in [3.63, 3.8) is 0 Å². The number of carbonyl (C=O) groups is 1. The van der Waals surface area contributed by atoms with Crippen LogP contribution in [0.4, 0.5) is 10.2 Å². The lowest BCUT2D eigenvalue weighted by molar-refractivity contribution is -0.114. The first kappa shape index (κ1) is 18.2. The number of aromatic nitrogens is 1. The summed E-state index contributed by atoms with van der Waals surface area (Å²) in [5, 5.41) is 2.65. The molecule has 1 aromatic heterocycles. The Morgan fingerprint density at radius 3 is 2.92 bits per heavy atom. The van der Waals surface area contributed by atoms with Crippen molar-refractivity contribution in [1.29, 1.82) is 0 Å². The van der Waals surface area contributed by atoms with Gasteiger partial charge in [-0.3, -0.25) is 4.79 Å². The van der Waals surface area contributed by atoms with Gasteiger partial charge in [-0.25, -0.2) is 4.98 Å². The van der Waals surface area contributed by atoms with Gasteiger partial charge in [-0.2, -0.15) is 4.39 Å². The first-order chi connectivity index (χ1) is 12.5. The number of benzene rings is 1. The summed E-state index contributed by atoms with van der Waals surface area (Å²) >= 11 is 0. The number of nitrogens with one attached hydrogen (secondary N) is 1. The molecule has 0 saturated heterocycles. The van der Waals surface area contributed by atoms with Gasteiger partial charge < -0.3 is 14.8 Å². The van der Waals surface area contributed by atoms with Crippen molar-refractivity contribution in [3.05, 3.63) is 35.8 Å². The minimum Gasteiger partial charge on any atom is -0.490 e. The summed E-state index contributed by atoms with van der Waals surface area (Å²) in [6.07, 6.45) is 3.55. The van der Waals surface area contributed by atoms with Gasteiger partial charge in [-0.05, 0) is 42.5 Å². The third-order valence-corrected chi connectivity index (χ3v) is 4.20. The predicted octanol–water partition coefficient (Wildman–Crippen LogP) is 4.55. The molecule has 0 aliphatic carbocycles. The highest BCUT2D eigenvalue weighted by atomic mass is 19.1. The van der Waals surface area contributed by atoms with Crippen LogP contribution in [0.5, 0.6) is 11.5 Å². The fourth-order valence-electron chi connectivity index (χ4n) is 2.92. The first-order valence-corrected chi connectivity index (χ1v) is 8.80. The summed E-state index contributed by atoms with van der Waals surface area (Å²) in [5.41, 5.74) is 2.28. The van der Waals surface area contributed by atoms with Crippen molar-refractivity contribution in [1.82, 2.24) is 4.98 Å². The highest BCUT2D eigenvalue weighted by Crippen LogP contribution is 2.42. The molecule has 0 bridgehead atoms. The van der Waals surface area contributed by atoms with Crippen LogP contribution in [0.3, 0.4) is 0 Å². The van der Waals surface area contributed by atoms with Gasteiger partial charge >= 0.3 is 0 Å². The van der Waals surface area contributed by atoms with Gasteiger partial charge in [0.1, 0.15) is 12.4 Å². The minimum atomic E-state index is -0.490. The lowest BCUT2D eigenvalue weighted by Gasteiger charge is -2.22. The minimum absolute atomic E-state index is 0.179. The lowest BCUT2D eigenvalue weighted by atomic mass is 9.98. The summed E-state index contributed by atoms with van der Waals surface area (Å²) in [6, 6.07) is 5.15. The number of amides is 1. The van der Waals surface area contributed by atoms with Crippen LogP contribution in [0.15, 0.2) is 24.4 Å². The van der Waals surface area contributed by atoms with Crippen LogP contribution < -0.4 is 14.8 Å². The largest absolute Gasteiger partial charge is 0.490 e. The molecule has 0 unspecified atom stereocenters. The molecule has 3 rings (SSSR count). The summed E-state index contributed by atoms with van der Waals surface area (Å²) < 4.78 is 26.0. The van der Waals surface area contributed by atoms with Crippen LogP contribution in [-0.2, 0) is 11.4 Å². The first-order valence-electron chi connectivity index (χ1n) is 8.80. The molecule has 0 atom stereocenters. The van der Waals surface area contributed by atoms with Crippen LogP contribution in [0.25, 0.3) is 11.1 Å². The highest BCUT2D eigenvalue weighted by Gasteiger charge is 2.24. The second kappa shape index (κ2) is 7.72. The molecule has 0 saturated carbocycles. The molecular formula is C20H23FN2O3. The van der Waals surface area contributed by atoms with Gasteiger partial charge in [-0.1, -0.05) is 13.8 Å². The van der Waals surface area contributed by atoms with E-state index in [9.17, 15) is 9.18 Å². The molecule has 1 aliphatic rings. The number of ether oxygens (including phenoxy) is 2. The molecule has 1 aromatic carbocycles. The van der Waals surface area contributed by atoms with Crippen LogP contribution in [0.2, 0.25) is 0 Å². The second-order valence-electron chi connectivity index (χ2n) is 6.84. The summed E-state index contributed by atoms with van der Waals surface area (Å²) in [5.74, 6) is 0.708. The molecule has 5 nitrogen and oxygen atoms in total. The van der Waals surface area contributed by atoms with Crippen molar-refractivity contribution in [2.75, 3.05) is 11.9 Å². The van der Waals surface area contributed by atoms with Crippen molar-refractivity contribution in [3.8, 4) is 22.6 Å². The molecule has 1 aliphatic heterocycles. The van der Waals surface area contributed by atoms with E-state index in [0.29, 0.717) is 23.9 Å². The number of hydrogen-bond acceptors (Lipinski definition) is 4. The van der Waals surface area contributed by atoms with Crippen LogP contribution >= 0.6 is 0 Å². The number of fused-ring (bicyclic) bond motifs is 3. The van der Waals surface area contributed by atoms with E-state index in [-0.39, 0.29) is 24.0 Å². The molecule has 0 fully saturated rings. The van der Waals surface area contributed by atoms with Crippen molar-refractivity contribution in [2.24, 2.45) is 5.92 Å². The van der Waals surface area contributed by atoms with Gasteiger partial charge in [0.15, 0.2) is 11.5 Å². The van der Waals surface area contributed by atoms with E-state index in [2.05, 4.69) is 24.1 Å². The van der Waals surface area contributed by atoms with E-state index in [1.165, 1.54) is 6.92 Å². The van der Waals surface area contributed by atoms with Gasteiger partial charge in [0, 0.05) is 24.2 Å². The normalized spacial score (nSPS) is 12.2. The van der Waals surface area contributed by atoms with E-state index in [1.54, 1.807) is 24.4 Å². The Kier molecular flexibility index (Phi) is 5.40. The van der Waals surface area contributed by atoms with E-state index < -0.39 is 5.82 Å². The Labute approximate surface area is 152 Å². The Hall–Kier alpha value is -2.63.